The standard InChI is InChI=1S/C15H15F3N2O2/c1-14(2,21)13(11-7-19-9-20-8-11)10-3-5-12(6-4-10)22-15(16,17)18/h3-9,13,21H,1-2H3. The number of nitrogens with zero attached hydrogens (tertiary/aromatic N) is 2. The summed E-state index contributed by atoms with van der Waals surface area (Å²) in [5.41, 5.74) is 0.160. The molecule has 0 saturated carbocycles. The highest BCUT2D eigenvalue weighted by Gasteiger charge is 2.32. The summed E-state index contributed by atoms with van der Waals surface area (Å²) in [6.45, 7) is 3.23. The first-order chi connectivity index (χ1) is 10.2. The lowest BCUT2D eigenvalue weighted by atomic mass is 9.80. The summed E-state index contributed by atoms with van der Waals surface area (Å²) in [6, 6.07) is 5.39. The van der Waals surface area contributed by atoms with Crippen LogP contribution in [0.2, 0.25) is 0 Å². The van der Waals surface area contributed by atoms with Crippen LogP contribution in [0.4, 0.5) is 13.2 Å². The lowest BCUT2D eigenvalue weighted by Crippen LogP contribution is -2.30. The molecule has 0 fully saturated rings. The van der Waals surface area contributed by atoms with Crippen LogP contribution in [-0.4, -0.2) is 27.0 Å². The van der Waals surface area contributed by atoms with Gasteiger partial charge in [0.25, 0.3) is 0 Å². The Kier molecular flexibility index (Phi) is 4.37. The van der Waals surface area contributed by atoms with Gasteiger partial charge in [0.1, 0.15) is 12.1 Å². The van der Waals surface area contributed by atoms with Crippen LogP contribution in [0.25, 0.3) is 0 Å². The zero-order valence-corrected chi connectivity index (χ0v) is 12.0. The van der Waals surface area contributed by atoms with Crippen LogP contribution in [0.15, 0.2) is 43.0 Å². The van der Waals surface area contributed by atoms with Gasteiger partial charge in [-0.3, -0.25) is 0 Å². The van der Waals surface area contributed by atoms with Crippen LogP contribution >= 0.6 is 0 Å². The lowest BCUT2D eigenvalue weighted by molar-refractivity contribution is -0.274. The van der Waals surface area contributed by atoms with Gasteiger partial charge in [-0.1, -0.05) is 12.1 Å². The average molecular weight is 312 g/mol. The van der Waals surface area contributed by atoms with Crippen molar-refractivity contribution < 1.29 is 23.0 Å². The maximum atomic E-state index is 12.2. The van der Waals surface area contributed by atoms with Crippen LogP contribution in [0.5, 0.6) is 5.75 Å². The largest absolute Gasteiger partial charge is 0.573 e. The van der Waals surface area contributed by atoms with E-state index in [1.165, 1.54) is 30.6 Å². The molecule has 0 bridgehead atoms. The molecule has 0 aliphatic carbocycles. The monoisotopic (exact) mass is 312 g/mol. The van der Waals surface area contributed by atoms with Gasteiger partial charge in [0, 0.05) is 18.3 Å². The summed E-state index contributed by atoms with van der Waals surface area (Å²) in [5.74, 6) is -0.788. The molecule has 118 valence electrons. The molecule has 1 N–H and O–H groups in total. The van der Waals surface area contributed by atoms with Crippen LogP contribution in [0, 0.1) is 0 Å². The second-order valence-electron chi connectivity index (χ2n) is 5.38. The molecule has 1 atom stereocenters. The predicted molar refractivity (Wildman–Crippen MR) is 73.3 cm³/mol. The molecule has 1 aromatic carbocycles. The fraction of sp³-hybridized carbons (Fsp3) is 0.333. The molecular formula is C15H15F3N2O2. The van der Waals surface area contributed by atoms with Gasteiger partial charge in [-0.15, -0.1) is 13.2 Å². The highest BCUT2D eigenvalue weighted by molar-refractivity contribution is 5.36. The minimum absolute atomic E-state index is 0.310. The first kappa shape index (κ1) is 16.2. The first-order valence-corrected chi connectivity index (χ1v) is 6.50. The van der Waals surface area contributed by atoms with Crippen molar-refractivity contribution in [1.82, 2.24) is 9.97 Å². The van der Waals surface area contributed by atoms with Gasteiger partial charge in [0.15, 0.2) is 0 Å². The number of benzene rings is 1. The normalized spacial score (nSPS) is 13.7. The van der Waals surface area contributed by atoms with Crippen molar-refractivity contribution in [1.29, 1.82) is 0 Å². The number of aliphatic hydroxyl groups is 1. The molecule has 7 heteroatoms. The van der Waals surface area contributed by atoms with E-state index < -0.39 is 17.9 Å². The van der Waals surface area contributed by atoms with Crippen molar-refractivity contribution in [2.75, 3.05) is 0 Å². The summed E-state index contributed by atoms with van der Waals surface area (Å²) >= 11 is 0. The topological polar surface area (TPSA) is 55.2 Å². The van der Waals surface area contributed by atoms with Crippen LogP contribution in [0.1, 0.15) is 30.9 Å². The third-order valence-corrected chi connectivity index (χ3v) is 3.07. The van der Waals surface area contributed by atoms with Crippen LogP contribution < -0.4 is 4.74 Å². The van der Waals surface area contributed by atoms with Gasteiger partial charge in [-0.05, 0) is 37.1 Å². The minimum Gasteiger partial charge on any atom is -0.406 e. The van der Waals surface area contributed by atoms with Crippen molar-refractivity contribution in [2.45, 2.75) is 31.7 Å². The van der Waals surface area contributed by atoms with Crippen LogP contribution in [-0.2, 0) is 0 Å². The second kappa shape index (κ2) is 5.92. The number of hydrogen-bond acceptors (Lipinski definition) is 4. The van der Waals surface area contributed by atoms with Crippen molar-refractivity contribution in [3.05, 3.63) is 54.1 Å². The smallest absolute Gasteiger partial charge is 0.406 e. The van der Waals surface area contributed by atoms with Gasteiger partial charge in [0.2, 0.25) is 0 Å². The van der Waals surface area contributed by atoms with E-state index in [0.29, 0.717) is 11.1 Å². The molecule has 0 amide bonds. The molecule has 0 saturated heterocycles. The minimum atomic E-state index is -4.73. The van der Waals surface area contributed by atoms with Crippen molar-refractivity contribution in [3.8, 4) is 5.75 Å². The SMILES string of the molecule is CC(C)(O)C(c1ccc(OC(F)(F)F)cc1)c1cncnc1. The van der Waals surface area contributed by atoms with Crippen LogP contribution in [0.3, 0.4) is 0 Å². The second-order valence-corrected chi connectivity index (χ2v) is 5.38. The molecule has 1 heterocycles. The summed E-state index contributed by atoms with van der Waals surface area (Å²) in [6.07, 6.45) is -0.235. The average Bonchev–Trinajstić information content (AvgIpc) is 2.39. The van der Waals surface area contributed by atoms with Gasteiger partial charge in [-0.2, -0.15) is 0 Å². The number of ether oxygens (including phenoxy) is 1. The Morgan fingerprint density at radius 1 is 1.00 bits per heavy atom. The zero-order chi connectivity index (χ0) is 16.4. The fourth-order valence-electron chi connectivity index (χ4n) is 2.33. The Morgan fingerprint density at radius 3 is 2.00 bits per heavy atom. The summed E-state index contributed by atoms with van der Waals surface area (Å²) < 4.78 is 40.4. The van der Waals surface area contributed by atoms with E-state index in [4.69, 9.17) is 0 Å². The highest BCUT2D eigenvalue weighted by atomic mass is 19.4. The van der Waals surface area contributed by atoms with E-state index in [1.807, 2.05) is 0 Å². The third kappa shape index (κ3) is 4.17. The number of rotatable bonds is 4. The van der Waals surface area contributed by atoms with Crippen molar-refractivity contribution in [2.24, 2.45) is 0 Å². The Balaban J connectivity index is 2.34. The summed E-state index contributed by atoms with van der Waals surface area (Å²) in [5, 5.41) is 10.4. The maximum Gasteiger partial charge on any atom is 0.573 e. The molecule has 2 aromatic rings. The van der Waals surface area contributed by atoms with Gasteiger partial charge in [-0.25, -0.2) is 9.97 Å². The lowest BCUT2D eigenvalue weighted by Gasteiger charge is -2.29. The Morgan fingerprint density at radius 2 is 1.55 bits per heavy atom. The Hall–Kier alpha value is -2.15. The zero-order valence-electron chi connectivity index (χ0n) is 12.0. The summed E-state index contributed by atoms with van der Waals surface area (Å²) in [7, 11) is 0. The molecule has 0 aliphatic rings. The molecular weight excluding hydrogens is 297 g/mol. The Labute approximate surface area is 125 Å². The van der Waals surface area contributed by atoms with E-state index in [9.17, 15) is 18.3 Å². The van der Waals surface area contributed by atoms with E-state index in [0.717, 1.165) is 0 Å². The highest BCUT2D eigenvalue weighted by Crippen LogP contribution is 2.35. The molecule has 1 unspecified atom stereocenters. The number of halogens is 3. The molecule has 0 radical (unpaired) electrons. The van der Waals surface area contributed by atoms with E-state index in [2.05, 4.69) is 14.7 Å². The molecule has 0 aliphatic heterocycles. The Bertz CT molecular complexity index is 607. The molecule has 2 rings (SSSR count). The number of aromatic nitrogens is 2. The molecule has 4 nitrogen and oxygen atoms in total. The molecule has 22 heavy (non-hydrogen) atoms. The van der Waals surface area contributed by atoms with E-state index in [1.54, 1.807) is 26.2 Å². The quantitative estimate of drug-likeness (QED) is 0.941. The molecule has 1 aromatic heterocycles. The molecule has 0 spiro atoms. The van der Waals surface area contributed by atoms with E-state index >= 15 is 0 Å². The first-order valence-electron chi connectivity index (χ1n) is 6.50. The maximum absolute atomic E-state index is 12.2. The number of alkyl halides is 3. The van der Waals surface area contributed by atoms with E-state index in [-0.39, 0.29) is 5.75 Å². The fourth-order valence-corrected chi connectivity index (χ4v) is 2.33. The predicted octanol–water partition coefficient (Wildman–Crippen LogP) is 3.28. The van der Waals surface area contributed by atoms with Crippen molar-refractivity contribution >= 4 is 0 Å². The van der Waals surface area contributed by atoms with Gasteiger partial charge in [0.05, 0.1) is 5.60 Å². The number of hydrogen-bond donors (Lipinski definition) is 1. The summed E-state index contributed by atoms with van der Waals surface area (Å²) in [4.78, 5) is 7.83. The van der Waals surface area contributed by atoms with Gasteiger partial charge >= 0.3 is 6.36 Å². The van der Waals surface area contributed by atoms with Gasteiger partial charge < -0.3 is 9.84 Å². The third-order valence-electron chi connectivity index (χ3n) is 3.07. The van der Waals surface area contributed by atoms with Crippen molar-refractivity contribution in [3.63, 3.8) is 0 Å².